The third-order valence-electron chi connectivity index (χ3n) is 4.07. The van der Waals surface area contributed by atoms with Gasteiger partial charge in [-0.1, -0.05) is 12.8 Å². The Morgan fingerprint density at radius 2 is 1.77 bits per heavy atom. The van der Waals surface area contributed by atoms with Crippen molar-refractivity contribution in [1.29, 1.82) is 0 Å². The van der Waals surface area contributed by atoms with Gasteiger partial charge in [0.05, 0.1) is 6.42 Å². The van der Waals surface area contributed by atoms with Crippen LogP contribution in [-0.2, 0) is 11.2 Å². The molecule has 0 saturated carbocycles. The lowest BCUT2D eigenvalue weighted by Gasteiger charge is -2.22. The summed E-state index contributed by atoms with van der Waals surface area (Å²) in [5.74, 6) is 0.0425. The van der Waals surface area contributed by atoms with E-state index in [0.29, 0.717) is 6.42 Å². The molecule has 0 radical (unpaired) electrons. The van der Waals surface area contributed by atoms with E-state index in [2.05, 4.69) is 22.3 Å². The summed E-state index contributed by atoms with van der Waals surface area (Å²) in [6.45, 7) is 2.29. The molecule has 1 saturated heterocycles. The van der Waals surface area contributed by atoms with Crippen molar-refractivity contribution in [3.8, 4) is 0 Å². The Bertz CT molecular complexity index is 584. The third kappa shape index (κ3) is 4.10. The number of benzene rings is 1. The van der Waals surface area contributed by atoms with Crippen molar-refractivity contribution in [3.63, 3.8) is 0 Å². The maximum atomic E-state index is 12.0. The summed E-state index contributed by atoms with van der Waals surface area (Å²) in [6.07, 6.45) is 5.68. The van der Waals surface area contributed by atoms with Crippen molar-refractivity contribution < 1.29 is 4.79 Å². The molecular weight excluding hydrogens is 292 g/mol. The normalized spacial score (nSPS) is 15.4. The summed E-state index contributed by atoms with van der Waals surface area (Å²) < 4.78 is 0. The minimum absolute atomic E-state index is 0.0425. The molecule has 4 heteroatoms. The van der Waals surface area contributed by atoms with Crippen molar-refractivity contribution >= 4 is 28.6 Å². The maximum absolute atomic E-state index is 12.0. The Morgan fingerprint density at radius 3 is 2.41 bits per heavy atom. The van der Waals surface area contributed by atoms with E-state index < -0.39 is 0 Å². The number of nitrogens with one attached hydrogen (secondary N) is 1. The van der Waals surface area contributed by atoms with Crippen LogP contribution in [0.15, 0.2) is 41.1 Å². The molecule has 1 aromatic heterocycles. The fourth-order valence-corrected chi connectivity index (χ4v) is 3.54. The van der Waals surface area contributed by atoms with Gasteiger partial charge >= 0.3 is 0 Å². The molecule has 1 amide bonds. The molecule has 0 unspecified atom stereocenters. The van der Waals surface area contributed by atoms with Crippen LogP contribution in [0.1, 0.15) is 31.2 Å². The summed E-state index contributed by atoms with van der Waals surface area (Å²) in [5, 5.41) is 6.98. The molecule has 1 N–H and O–H groups in total. The molecule has 116 valence electrons. The molecule has 1 aliphatic rings. The Kier molecular flexibility index (Phi) is 5.11. The van der Waals surface area contributed by atoms with E-state index in [0.717, 1.165) is 24.3 Å². The van der Waals surface area contributed by atoms with Crippen LogP contribution in [0.2, 0.25) is 0 Å². The van der Waals surface area contributed by atoms with E-state index in [1.165, 1.54) is 31.4 Å². The van der Waals surface area contributed by atoms with E-state index in [4.69, 9.17) is 0 Å². The Hall–Kier alpha value is -1.81. The highest BCUT2D eigenvalue weighted by molar-refractivity contribution is 7.08. The second kappa shape index (κ2) is 7.45. The number of hydrogen-bond acceptors (Lipinski definition) is 3. The molecule has 1 aliphatic heterocycles. The van der Waals surface area contributed by atoms with Gasteiger partial charge in [0, 0.05) is 24.5 Å². The van der Waals surface area contributed by atoms with Crippen LogP contribution in [0, 0.1) is 0 Å². The summed E-state index contributed by atoms with van der Waals surface area (Å²) in [7, 11) is 0. The molecule has 3 rings (SSSR count). The third-order valence-corrected chi connectivity index (χ3v) is 4.80. The number of rotatable bonds is 4. The van der Waals surface area contributed by atoms with Crippen LogP contribution in [0.3, 0.4) is 0 Å². The molecular formula is C18H22N2OS. The van der Waals surface area contributed by atoms with Gasteiger partial charge in [-0.05, 0) is 59.5 Å². The Labute approximate surface area is 136 Å². The van der Waals surface area contributed by atoms with Gasteiger partial charge in [0.2, 0.25) is 5.91 Å². The lowest BCUT2D eigenvalue weighted by Crippen LogP contribution is -2.23. The topological polar surface area (TPSA) is 32.3 Å². The standard InChI is InChI=1S/C18H22N2OS/c21-18(13-15-9-12-22-14-15)19-16-5-7-17(8-6-16)20-10-3-1-2-4-11-20/h5-9,12,14H,1-4,10-11,13H2,(H,19,21). The highest BCUT2D eigenvalue weighted by Crippen LogP contribution is 2.21. The molecule has 0 bridgehead atoms. The quantitative estimate of drug-likeness (QED) is 0.912. The largest absolute Gasteiger partial charge is 0.372 e. The predicted octanol–water partition coefficient (Wildman–Crippen LogP) is 4.31. The number of nitrogens with zero attached hydrogens (tertiary/aromatic N) is 1. The van der Waals surface area contributed by atoms with E-state index in [9.17, 15) is 4.79 Å². The van der Waals surface area contributed by atoms with E-state index in [1.807, 2.05) is 29.0 Å². The molecule has 0 aliphatic carbocycles. The lowest BCUT2D eigenvalue weighted by molar-refractivity contribution is -0.115. The molecule has 1 aromatic carbocycles. The molecule has 0 spiro atoms. The Morgan fingerprint density at radius 1 is 1.05 bits per heavy atom. The van der Waals surface area contributed by atoms with Gasteiger partial charge in [-0.15, -0.1) is 0 Å². The number of hydrogen-bond donors (Lipinski definition) is 1. The summed E-state index contributed by atoms with van der Waals surface area (Å²) in [4.78, 5) is 14.4. The second-order valence-electron chi connectivity index (χ2n) is 5.80. The van der Waals surface area contributed by atoms with Crippen molar-refractivity contribution in [1.82, 2.24) is 0 Å². The highest BCUT2D eigenvalue weighted by atomic mass is 32.1. The van der Waals surface area contributed by atoms with Gasteiger partial charge in [0.1, 0.15) is 0 Å². The van der Waals surface area contributed by atoms with Crippen LogP contribution >= 0.6 is 11.3 Å². The van der Waals surface area contributed by atoms with Gasteiger partial charge in [-0.2, -0.15) is 11.3 Å². The summed E-state index contributed by atoms with van der Waals surface area (Å²) >= 11 is 1.62. The molecule has 3 nitrogen and oxygen atoms in total. The minimum atomic E-state index is 0.0425. The van der Waals surface area contributed by atoms with Gasteiger partial charge in [0.15, 0.2) is 0 Å². The molecule has 1 fully saturated rings. The van der Waals surface area contributed by atoms with Crippen LogP contribution in [0.25, 0.3) is 0 Å². The molecule has 2 aromatic rings. The zero-order chi connectivity index (χ0) is 15.2. The molecule has 22 heavy (non-hydrogen) atoms. The SMILES string of the molecule is O=C(Cc1ccsc1)Nc1ccc(N2CCCCCC2)cc1. The van der Waals surface area contributed by atoms with Gasteiger partial charge in [0.25, 0.3) is 0 Å². The van der Waals surface area contributed by atoms with Crippen molar-refractivity contribution in [2.24, 2.45) is 0 Å². The molecule has 2 heterocycles. The lowest BCUT2D eigenvalue weighted by atomic mass is 10.2. The monoisotopic (exact) mass is 314 g/mol. The average molecular weight is 314 g/mol. The predicted molar refractivity (Wildman–Crippen MR) is 93.8 cm³/mol. The van der Waals surface area contributed by atoms with E-state index >= 15 is 0 Å². The first-order valence-corrected chi connectivity index (χ1v) is 8.91. The fraction of sp³-hybridized carbons (Fsp3) is 0.389. The average Bonchev–Trinajstić information content (AvgIpc) is 2.87. The maximum Gasteiger partial charge on any atom is 0.228 e. The van der Waals surface area contributed by atoms with Crippen LogP contribution in [0.4, 0.5) is 11.4 Å². The van der Waals surface area contributed by atoms with Crippen LogP contribution < -0.4 is 10.2 Å². The Balaban J connectivity index is 1.57. The summed E-state index contributed by atoms with van der Waals surface area (Å²) in [6, 6.07) is 10.2. The highest BCUT2D eigenvalue weighted by Gasteiger charge is 2.10. The van der Waals surface area contributed by atoms with E-state index in [1.54, 1.807) is 11.3 Å². The zero-order valence-electron chi connectivity index (χ0n) is 12.8. The van der Waals surface area contributed by atoms with Crippen molar-refractivity contribution in [2.75, 3.05) is 23.3 Å². The first-order chi connectivity index (χ1) is 10.8. The van der Waals surface area contributed by atoms with E-state index in [-0.39, 0.29) is 5.91 Å². The second-order valence-corrected chi connectivity index (χ2v) is 6.58. The molecule has 0 atom stereocenters. The minimum Gasteiger partial charge on any atom is -0.372 e. The van der Waals surface area contributed by atoms with Crippen molar-refractivity contribution in [3.05, 3.63) is 46.7 Å². The number of anilines is 2. The smallest absolute Gasteiger partial charge is 0.228 e. The van der Waals surface area contributed by atoms with Crippen LogP contribution in [-0.4, -0.2) is 19.0 Å². The first-order valence-electron chi connectivity index (χ1n) is 7.97. The van der Waals surface area contributed by atoms with Gasteiger partial charge < -0.3 is 10.2 Å². The number of carbonyl (C=O) groups excluding carboxylic acids is 1. The van der Waals surface area contributed by atoms with Gasteiger partial charge in [-0.25, -0.2) is 0 Å². The number of amides is 1. The summed E-state index contributed by atoms with van der Waals surface area (Å²) in [5.41, 5.74) is 3.21. The van der Waals surface area contributed by atoms with Crippen molar-refractivity contribution in [2.45, 2.75) is 32.1 Å². The zero-order valence-corrected chi connectivity index (χ0v) is 13.6. The first kappa shape index (κ1) is 15.1. The number of thiophene rings is 1. The van der Waals surface area contributed by atoms with Crippen LogP contribution in [0.5, 0.6) is 0 Å². The number of carbonyl (C=O) groups is 1. The fourth-order valence-electron chi connectivity index (χ4n) is 2.87. The van der Waals surface area contributed by atoms with Gasteiger partial charge in [-0.3, -0.25) is 4.79 Å².